The topological polar surface area (TPSA) is 34.1 Å². The van der Waals surface area contributed by atoms with Crippen molar-refractivity contribution in [2.24, 2.45) is 0 Å². The highest BCUT2D eigenvalue weighted by Crippen LogP contribution is 2.49. The lowest BCUT2D eigenvalue weighted by Gasteiger charge is -2.22. The molecule has 1 aliphatic carbocycles. The van der Waals surface area contributed by atoms with Gasteiger partial charge in [-0.2, -0.15) is 0 Å². The average Bonchev–Trinajstić information content (AvgIpc) is 2.80. The molecule has 0 atom stereocenters. The van der Waals surface area contributed by atoms with E-state index in [2.05, 4.69) is 27.0 Å². The standard InChI is InChI=1S/C23H22O2/c1-13(2)21(24)15-7-9-17-18-10-8-16(22(25)14(3)4)12-20(18)23(5,6)19(17)11-15/h7-12H,1,3H2,2,4-6H3. The van der Waals surface area contributed by atoms with Crippen LogP contribution in [-0.4, -0.2) is 11.6 Å². The maximum atomic E-state index is 12.3. The van der Waals surface area contributed by atoms with Crippen LogP contribution in [0.2, 0.25) is 0 Å². The number of fused-ring (bicyclic) bond motifs is 3. The van der Waals surface area contributed by atoms with Gasteiger partial charge in [-0.05, 0) is 59.4 Å². The molecular weight excluding hydrogens is 308 g/mol. The summed E-state index contributed by atoms with van der Waals surface area (Å²) in [4.78, 5) is 24.6. The molecule has 126 valence electrons. The van der Waals surface area contributed by atoms with Gasteiger partial charge in [0.15, 0.2) is 11.6 Å². The van der Waals surface area contributed by atoms with Gasteiger partial charge in [-0.25, -0.2) is 0 Å². The van der Waals surface area contributed by atoms with Crippen molar-refractivity contribution in [2.45, 2.75) is 33.1 Å². The Morgan fingerprint density at radius 2 is 1.12 bits per heavy atom. The van der Waals surface area contributed by atoms with Crippen LogP contribution in [0.5, 0.6) is 0 Å². The highest BCUT2D eigenvalue weighted by molar-refractivity contribution is 6.09. The maximum Gasteiger partial charge on any atom is 0.188 e. The first-order valence-electron chi connectivity index (χ1n) is 8.34. The molecule has 1 aliphatic rings. The number of carbonyl (C=O) groups is 2. The van der Waals surface area contributed by atoms with Crippen molar-refractivity contribution in [3.8, 4) is 11.1 Å². The van der Waals surface area contributed by atoms with E-state index < -0.39 is 0 Å². The number of Topliss-reactive ketones (excluding diaryl/α,β-unsaturated/α-hetero) is 2. The van der Waals surface area contributed by atoms with Gasteiger partial charge < -0.3 is 0 Å². The zero-order chi connectivity index (χ0) is 18.5. The van der Waals surface area contributed by atoms with Gasteiger partial charge in [-0.15, -0.1) is 0 Å². The Balaban J connectivity index is 2.17. The van der Waals surface area contributed by atoms with Gasteiger partial charge in [0.2, 0.25) is 0 Å². The number of hydrogen-bond donors (Lipinski definition) is 0. The molecule has 2 aromatic rings. The Kier molecular flexibility index (Phi) is 3.87. The fourth-order valence-corrected chi connectivity index (χ4v) is 3.51. The molecular formula is C23H22O2. The smallest absolute Gasteiger partial charge is 0.188 e. The molecule has 0 radical (unpaired) electrons. The minimum Gasteiger partial charge on any atom is -0.289 e. The van der Waals surface area contributed by atoms with E-state index >= 15 is 0 Å². The van der Waals surface area contributed by atoms with Gasteiger partial charge in [0.25, 0.3) is 0 Å². The molecule has 0 fully saturated rings. The van der Waals surface area contributed by atoms with Gasteiger partial charge in [-0.1, -0.05) is 51.3 Å². The second-order valence-electron chi connectivity index (χ2n) is 7.36. The fourth-order valence-electron chi connectivity index (χ4n) is 3.51. The predicted octanol–water partition coefficient (Wildman–Crippen LogP) is 5.51. The molecule has 25 heavy (non-hydrogen) atoms. The number of rotatable bonds is 4. The summed E-state index contributed by atoms with van der Waals surface area (Å²) in [6, 6.07) is 11.6. The third-order valence-electron chi connectivity index (χ3n) is 4.98. The summed E-state index contributed by atoms with van der Waals surface area (Å²) < 4.78 is 0. The van der Waals surface area contributed by atoms with Gasteiger partial charge in [0, 0.05) is 16.5 Å². The summed E-state index contributed by atoms with van der Waals surface area (Å²) in [5.74, 6) is -0.0691. The zero-order valence-corrected chi connectivity index (χ0v) is 15.2. The second kappa shape index (κ2) is 5.66. The molecule has 0 saturated heterocycles. The van der Waals surface area contributed by atoms with Crippen LogP contribution < -0.4 is 0 Å². The van der Waals surface area contributed by atoms with E-state index in [-0.39, 0.29) is 17.0 Å². The summed E-state index contributed by atoms with van der Waals surface area (Å²) in [5.41, 5.74) is 6.55. The maximum absolute atomic E-state index is 12.3. The van der Waals surface area contributed by atoms with Crippen LogP contribution in [0.1, 0.15) is 59.5 Å². The van der Waals surface area contributed by atoms with E-state index in [9.17, 15) is 9.59 Å². The van der Waals surface area contributed by atoms with Crippen LogP contribution in [0.4, 0.5) is 0 Å². The SMILES string of the molecule is C=C(C)C(=O)c1ccc2c(c1)C(C)(C)c1cc(C(=O)C(=C)C)ccc1-2. The third kappa shape index (κ3) is 2.58. The number of hydrogen-bond acceptors (Lipinski definition) is 2. The number of allylic oxidation sites excluding steroid dienone is 2. The molecule has 0 spiro atoms. The number of carbonyl (C=O) groups excluding carboxylic acids is 2. The van der Waals surface area contributed by atoms with E-state index in [0.717, 1.165) is 22.3 Å². The highest BCUT2D eigenvalue weighted by atomic mass is 16.1. The quantitative estimate of drug-likeness (QED) is 0.547. The fraction of sp³-hybridized carbons (Fsp3) is 0.217. The first kappa shape index (κ1) is 17.1. The Morgan fingerprint density at radius 3 is 1.44 bits per heavy atom. The first-order chi connectivity index (χ1) is 11.6. The monoisotopic (exact) mass is 330 g/mol. The molecule has 0 amide bonds. The normalized spacial score (nSPS) is 13.8. The Bertz CT molecular complexity index is 881. The van der Waals surface area contributed by atoms with Crippen LogP contribution in [0, 0.1) is 0 Å². The highest BCUT2D eigenvalue weighted by Gasteiger charge is 2.36. The van der Waals surface area contributed by atoms with Crippen molar-refractivity contribution < 1.29 is 9.59 Å². The van der Waals surface area contributed by atoms with Crippen LogP contribution in [0.3, 0.4) is 0 Å². The van der Waals surface area contributed by atoms with Gasteiger partial charge >= 0.3 is 0 Å². The summed E-state index contributed by atoms with van der Waals surface area (Å²) in [6.07, 6.45) is 0. The molecule has 2 heteroatoms. The van der Waals surface area contributed by atoms with E-state index in [1.807, 2.05) is 36.4 Å². The second-order valence-corrected chi connectivity index (χ2v) is 7.36. The Morgan fingerprint density at radius 1 is 0.760 bits per heavy atom. The molecule has 0 aliphatic heterocycles. The third-order valence-corrected chi connectivity index (χ3v) is 4.98. The Labute approximate surface area is 148 Å². The first-order valence-corrected chi connectivity index (χ1v) is 8.34. The zero-order valence-electron chi connectivity index (χ0n) is 15.2. The molecule has 2 nitrogen and oxygen atoms in total. The lowest BCUT2D eigenvalue weighted by Crippen LogP contribution is -2.16. The van der Waals surface area contributed by atoms with Crippen molar-refractivity contribution >= 4 is 11.6 Å². The molecule has 0 N–H and O–H groups in total. The number of benzene rings is 2. The summed E-state index contributed by atoms with van der Waals surface area (Å²) in [5, 5.41) is 0. The van der Waals surface area contributed by atoms with Crippen molar-refractivity contribution in [3.63, 3.8) is 0 Å². The molecule has 3 rings (SSSR count). The lowest BCUT2D eigenvalue weighted by molar-refractivity contribution is 0.102. The minimum absolute atomic E-state index is 0.0345. The van der Waals surface area contributed by atoms with E-state index in [1.54, 1.807) is 13.8 Å². The van der Waals surface area contributed by atoms with Crippen molar-refractivity contribution in [1.29, 1.82) is 0 Å². The van der Waals surface area contributed by atoms with Gasteiger partial charge in [0.05, 0.1) is 0 Å². The van der Waals surface area contributed by atoms with Crippen molar-refractivity contribution in [2.75, 3.05) is 0 Å². The van der Waals surface area contributed by atoms with E-state index in [4.69, 9.17) is 0 Å². The van der Waals surface area contributed by atoms with Gasteiger partial charge in [-0.3, -0.25) is 9.59 Å². The van der Waals surface area contributed by atoms with Crippen LogP contribution >= 0.6 is 0 Å². The molecule has 0 saturated carbocycles. The largest absolute Gasteiger partial charge is 0.289 e. The predicted molar refractivity (Wildman–Crippen MR) is 102 cm³/mol. The number of ketones is 2. The molecule has 0 unspecified atom stereocenters. The molecule has 2 aromatic carbocycles. The van der Waals surface area contributed by atoms with Crippen LogP contribution in [-0.2, 0) is 5.41 Å². The summed E-state index contributed by atoms with van der Waals surface area (Å²) in [6.45, 7) is 15.2. The summed E-state index contributed by atoms with van der Waals surface area (Å²) in [7, 11) is 0. The van der Waals surface area contributed by atoms with Crippen molar-refractivity contribution in [3.05, 3.63) is 83.0 Å². The van der Waals surface area contributed by atoms with Gasteiger partial charge in [0.1, 0.15) is 0 Å². The van der Waals surface area contributed by atoms with Crippen molar-refractivity contribution in [1.82, 2.24) is 0 Å². The van der Waals surface area contributed by atoms with E-state index in [1.165, 1.54) is 0 Å². The van der Waals surface area contributed by atoms with Crippen LogP contribution in [0.15, 0.2) is 60.7 Å². The van der Waals surface area contributed by atoms with E-state index in [0.29, 0.717) is 22.3 Å². The average molecular weight is 330 g/mol. The Hall–Kier alpha value is -2.74. The lowest BCUT2D eigenvalue weighted by atomic mass is 9.81. The molecule has 0 heterocycles. The van der Waals surface area contributed by atoms with Crippen LogP contribution in [0.25, 0.3) is 11.1 Å². The summed E-state index contributed by atoms with van der Waals surface area (Å²) >= 11 is 0. The molecule has 0 aromatic heterocycles. The minimum atomic E-state index is -0.276. The molecule has 0 bridgehead atoms.